The number of piperidine rings is 1. The molecule has 1 aliphatic heterocycles. The average molecular weight is 391 g/mol. The van der Waals surface area contributed by atoms with Crippen molar-refractivity contribution in [1.82, 2.24) is 4.90 Å². The molecule has 1 heterocycles. The largest absolute Gasteiger partial charge is 0.342 e. The van der Waals surface area contributed by atoms with E-state index in [1.54, 1.807) is 24.3 Å². The lowest BCUT2D eigenvalue weighted by atomic mass is 10.0. The second-order valence-corrected chi connectivity index (χ2v) is 8.33. The fourth-order valence-corrected chi connectivity index (χ4v) is 4.01. The summed E-state index contributed by atoms with van der Waals surface area (Å²) in [5.74, 6) is -0.458. The molecule has 0 saturated carbocycles. The van der Waals surface area contributed by atoms with E-state index in [1.165, 1.54) is 12.1 Å². The Bertz CT molecular complexity index is 891. The zero-order chi connectivity index (χ0) is 19.4. The summed E-state index contributed by atoms with van der Waals surface area (Å²) >= 11 is 0. The molecular weight excluding hydrogens is 369 g/mol. The number of amides is 1. The number of carbonyl (C=O) groups is 1. The Labute approximate surface area is 158 Å². The molecule has 2 aromatic rings. The van der Waals surface area contributed by atoms with Crippen molar-refractivity contribution in [3.8, 4) is 0 Å². The van der Waals surface area contributed by atoms with Crippen molar-refractivity contribution in [2.75, 3.05) is 17.8 Å². The van der Waals surface area contributed by atoms with Crippen LogP contribution in [0.15, 0.2) is 53.4 Å². The van der Waals surface area contributed by atoms with Gasteiger partial charge in [0.05, 0.1) is 11.3 Å². The van der Waals surface area contributed by atoms with Crippen LogP contribution in [0, 0.1) is 5.82 Å². The van der Waals surface area contributed by atoms with Crippen LogP contribution in [0.4, 0.5) is 10.1 Å². The Morgan fingerprint density at radius 1 is 1.07 bits per heavy atom. The van der Waals surface area contributed by atoms with Gasteiger partial charge in [-0.05, 0) is 54.8 Å². The standard InChI is InChI=1S/C19H22FN3O3S/c20-15-3-7-18(8-4-15)27(25,26)22-17-5-1-14(2-6-17)13-19(24)23-11-9-16(21)10-12-23/h1-8,16,22H,9-13,21H2. The van der Waals surface area contributed by atoms with Gasteiger partial charge in [0.15, 0.2) is 0 Å². The number of sulfonamides is 1. The maximum Gasteiger partial charge on any atom is 0.261 e. The van der Waals surface area contributed by atoms with Crippen LogP contribution in [-0.2, 0) is 21.2 Å². The lowest BCUT2D eigenvalue weighted by molar-refractivity contribution is -0.131. The lowest BCUT2D eigenvalue weighted by Gasteiger charge is -2.30. The molecule has 3 N–H and O–H groups in total. The number of nitrogens with zero attached hydrogens (tertiary/aromatic N) is 1. The Morgan fingerprint density at radius 2 is 1.67 bits per heavy atom. The summed E-state index contributed by atoms with van der Waals surface area (Å²) in [5.41, 5.74) is 7.03. The molecule has 8 heteroatoms. The second-order valence-electron chi connectivity index (χ2n) is 6.65. The number of likely N-dealkylation sites (tertiary alicyclic amines) is 1. The molecule has 0 unspecified atom stereocenters. The smallest absolute Gasteiger partial charge is 0.261 e. The van der Waals surface area contributed by atoms with Crippen molar-refractivity contribution in [2.24, 2.45) is 5.73 Å². The predicted octanol–water partition coefficient (Wildman–Crippen LogP) is 2.12. The van der Waals surface area contributed by atoms with Gasteiger partial charge in [0, 0.05) is 24.8 Å². The van der Waals surface area contributed by atoms with Gasteiger partial charge in [0.1, 0.15) is 5.82 Å². The van der Waals surface area contributed by atoms with Gasteiger partial charge in [-0.2, -0.15) is 0 Å². The highest BCUT2D eigenvalue weighted by atomic mass is 32.2. The van der Waals surface area contributed by atoms with Crippen LogP contribution in [0.2, 0.25) is 0 Å². The van der Waals surface area contributed by atoms with Gasteiger partial charge in [0.25, 0.3) is 10.0 Å². The fraction of sp³-hybridized carbons (Fsp3) is 0.316. The summed E-state index contributed by atoms with van der Waals surface area (Å²) in [7, 11) is -3.79. The first-order valence-electron chi connectivity index (χ1n) is 8.74. The molecule has 6 nitrogen and oxygen atoms in total. The monoisotopic (exact) mass is 391 g/mol. The summed E-state index contributed by atoms with van der Waals surface area (Å²) in [6.07, 6.45) is 1.89. The van der Waals surface area contributed by atoms with E-state index in [-0.39, 0.29) is 23.3 Å². The van der Waals surface area contributed by atoms with E-state index < -0.39 is 15.8 Å². The third-order valence-corrected chi connectivity index (χ3v) is 5.97. The van der Waals surface area contributed by atoms with E-state index in [9.17, 15) is 17.6 Å². The first-order chi connectivity index (χ1) is 12.8. The van der Waals surface area contributed by atoms with Gasteiger partial charge in [0.2, 0.25) is 5.91 Å². The van der Waals surface area contributed by atoms with E-state index in [4.69, 9.17) is 5.73 Å². The third-order valence-electron chi connectivity index (χ3n) is 4.58. The molecule has 0 spiro atoms. The van der Waals surface area contributed by atoms with Crippen LogP contribution in [-0.4, -0.2) is 38.4 Å². The number of halogens is 1. The topological polar surface area (TPSA) is 92.5 Å². The average Bonchev–Trinajstić information content (AvgIpc) is 2.64. The normalized spacial score (nSPS) is 15.6. The molecule has 0 radical (unpaired) electrons. The zero-order valence-electron chi connectivity index (χ0n) is 14.8. The SMILES string of the molecule is NC1CCN(C(=O)Cc2ccc(NS(=O)(=O)c3ccc(F)cc3)cc2)CC1. The number of benzene rings is 2. The van der Waals surface area contributed by atoms with E-state index in [0.29, 0.717) is 18.8 Å². The highest BCUT2D eigenvalue weighted by Crippen LogP contribution is 2.18. The maximum absolute atomic E-state index is 13.0. The quantitative estimate of drug-likeness (QED) is 0.817. The fourth-order valence-electron chi connectivity index (χ4n) is 2.95. The molecule has 3 rings (SSSR count). The van der Waals surface area contributed by atoms with Gasteiger partial charge >= 0.3 is 0 Å². The Kier molecular flexibility index (Phi) is 5.76. The molecule has 0 aliphatic carbocycles. The lowest BCUT2D eigenvalue weighted by Crippen LogP contribution is -2.43. The highest BCUT2D eigenvalue weighted by molar-refractivity contribution is 7.92. The number of anilines is 1. The minimum Gasteiger partial charge on any atom is -0.342 e. The van der Waals surface area contributed by atoms with Gasteiger partial charge in [-0.1, -0.05) is 12.1 Å². The van der Waals surface area contributed by atoms with Crippen LogP contribution >= 0.6 is 0 Å². The highest BCUT2D eigenvalue weighted by Gasteiger charge is 2.20. The van der Waals surface area contributed by atoms with Crippen molar-refractivity contribution in [3.05, 3.63) is 59.9 Å². The summed E-state index contributed by atoms with van der Waals surface area (Å²) in [6, 6.07) is 11.4. The molecular formula is C19H22FN3O3S. The zero-order valence-corrected chi connectivity index (χ0v) is 15.6. The number of nitrogens with one attached hydrogen (secondary N) is 1. The Balaban J connectivity index is 1.61. The molecule has 144 valence electrons. The summed E-state index contributed by atoms with van der Waals surface area (Å²) < 4.78 is 40.0. The van der Waals surface area contributed by atoms with Gasteiger partial charge in [-0.3, -0.25) is 9.52 Å². The molecule has 2 aromatic carbocycles. The first kappa shape index (κ1) is 19.3. The van der Waals surface area contributed by atoms with E-state index in [0.717, 1.165) is 30.5 Å². The van der Waals surface area contributed by atoms with Gasteiger partial charge in [-0.25, -0.2) is 12.8 Å². The third kappa shape index (κ3) is 5.05. The Hall–Kier alpha value is -2.45. The molecule has 0 atom stereocenters. The van der Waals surface area contributed by atoms with E-state index in [2.05, 4.69) is 4.72 Å². The number of rotatable bonds is 5. The van der Waals surface area contributed by atoms with Crippen molar-refractivity contribution in [1.29, 1.82) is 0 Å². The number of hydrogen-bond acceptors (Lipinski definition) is 4. The minimum absolute atomic E-state index is 0.0218. The van der Waals surface area contributed by atoms with Crippen LogP contribution in [0.3, 0.4) is 0 Å². The van der Waals surface area contributed by atoms with Gasteiger partial charge < -0.3 is 10.6 Å². The van der Waals surface area contributed by atoms with E-state index >= 15 is 0 Å². The molecule has 1 fully saturated rings. The molecule has 0 bridgehead atoms. The molecule has 1 aliphatic rings. The predicted molar refractivity (Wildman–Crippen MR) is 101 cm³/mol. The van der Waals surface area contributed by atoms with E-state index in [1.807, 2.05) is 4.90 Å². The first-order valence-corrected chi connectivity index (χ1v) is 10.2. The van der Waals surface area contributed by atoms with Gasteiger partial charge in [-0.15, -0.1) is 0 Å². The summed E-state index contributed by atoms with van der Waals surface area (Å²) in [5, 5.41) is 0. The number of hydrogen-bond donors (Lipinski definition) is 2. The molecule has 0 aromatic heterocycles. The maximum atomic E-state index is 13.0. The minimum atomic E-state index is -3.79. The second kappa shape index (κ2) is 8.06. The molecule has 1 saturated heterocycles. The van der Waals surface area contributed by atoms with Crippen LogP contribution in [0.1, 0.15) is 18.4 Å². The van der Waals surface area contributed by atoms with Crippen LogP contribution in [0.25, 0.3) is 0 Å². The summed E-state index contributed by atoms with van der Waals surface area (Å²) in [6.45, 7) is 1.35. The summed E-state index contributed by atoms with van der Waals surface area (Å²) in [4.78, 5) is 14.1. The molecule has 1 amide bonds. The van der Waals surface area contributed by atoms with Crippen molar-refractivity contribution in [3.63, 3.8) is 0 Å². The Morgan fingerprint density at radius 3 is 2.26 bits per heavy atom. The number of nitrogens with two attached hydrogens (primary N) is 1. The molecule has 27 heavy (non-hydrogen) atoms. The van der Waals surface area contributed by atoms with Crippen LogP contribution in [0.5, 0.6) is 0 Å². The van der Waals surface area contributed by atoms with Crippen LogP contribution < -0.4 is 10.5 Å². The van der Waals surface area contributed by atoms with Crippen molar-refractivity contribution < 1.29 is 17.6 Å². The van der Waals surface area contributed by atoms with Crippen molar-refractivity contribution >= 4 is 21.6 Å². The van der Waals surface area contributed by atoms with Crippen molar-refractivity contribution in [2.45, 2.75) is 30.2 Å². The number of carbonyl (C=O) groups excluding carboxylic acids is 1.